The fourth-order valence-corrected chi connectivity index (χ4v) is 3.30. The Morgan fingerprint density at radius 1 is 1.04 bits per heavy atom. The molecule has 0 radical (unpaired) electrons. The highest BCUT2D eigenvalue weighted by molar-refractivity contribution is 5.77. The Morgan fingerprint density at radius 3 is 2.50 bits per heavy atom. The monoisotopic (exact) mass is 321 g/mol. The molecule has 0 N–H and O–H groups in total. The topological polar surface area (TPSA) is 63.9 Å². The van der Waals surface area contributed by atoms with Crippen LogP contribution in [-0.4, -0.2) is 37.3 Å². The molecule has 3 aromatic rings. The van der Waals surface area contributed by atoms with Gasteiger partial charge in [0.25, 0.3) is 0 Å². The quantitative estimate of drug-likeness (QED) is 0.744. The summed E-state index contributed by atoms with van der Waals surface area (Å²) in [6.07, 6.45) is 4.89. The van der Waals surface area contributed by atoms with Crippen molar-refractivity contribution >= 4 is 16.9 Å². The number of carbonyl (C=O) groups excluding carboxylic acids is 1. The second kappa shape index (κ2) is 6.39. The summed E-state index contributed by atoms with van der Waals surface area (Å²) >= 11 is 0. The summed E-state index contributed by atoms with van der Waals surface area (Å²) in [5.74, 6) is 0.0469. The van der Waals surface area contributed by atoms with Crippen molar-refractivity contribution in [3.05, 3.63) is 54.4 Å². The van der Waals surface area contributed by atoms with Crippen molar-refractivity contribution in [2.75, 3.05) is 6.54 Å². The third kappa shape index (κ3) is 2.87. The molecule has 0 spiro atoms. The molecule has 6 nitrogen and oxygen atoms in total. The number of benzene rings is 1. The lowest BCUT2D eigenvalue weighted by Crippen LogP contribution is -2.40. The second-order valence-corrected chi connectivity index (χ2v) is 6.07. The minimum atomic E-state index is 0.0469. The first-order valence-electron chi connectivity index (χ1n) is 8.31. The molecule has 0 aliphatic carbocycles. The van der Waals surface area contributed by atoms with Crippen molar-refractivity contribution in [2.24, 2.45) is 0 Å². The predicted octanol–water partition coefficient (Wildman–Crippen LogP) is 2.58. The zero-order chi connectivity index (χ0) is 16.4. The summed E-state index contributed by atoms with van der Waals surface area (Å²) < 4.78 is 0. The fraction of sp³-hybridized carbons (Fsp3) is 0.333. The lowest BCUT2D eigenvalue weighted by molar-refractivity contribution is -0.136. The van der Waals surface area contributed by atoms with Gasteiger partial charge in [-0.1, -0.05) is 18.2 Å². The van der Waals surface area contributed by atoms with Gasteiger partial charge in [0.1, 0.15) is 17.6 Å². The van der Waals surface area contributed by atoms with Crippen molar-refractivity contribution in [1.29, 1.82) is 0 Å². The summed E-state index contributed by atoms with van der Waals surface area (Å²) in [7, 11) is 0. The molecular formula is C18H19N5O. The van der Waals surface area contributed by atoms with Crippen LogP contribution in [0.5, 0.6) is 0 Å². The van der Waals surface area contributed by atoms with Gasteiger partial charge in [0.05, 0.1) is 11.7 Å². The van der Waals surface area contributed by atoms with Crippen LogP contribution in [0.4, 0.5) is 0 Å². The highest BCUT2D eigenvalue weighted by Crippen LogP contribution is 2.29. The van der Waals surface area contributed by atoms with E-state index in [-0.39, 0.29) is 18.5 Å². The Hall–Kier alpha value is -2.76. The molecule has 1 amide bonds. The number of hydrogen-bond donors (Lipinski definition) is 0. The second-order valence-electron chi connectivity index (χ2n) is 6.07. The molecule has 1 aliphatic rings. The van der Waals surface area contributed by atoms with Crippen LogP contribution in [0.25, 0.3) is 11.0 Å². The van der Waals surface area contributed by atoms with E-state index in [1.165, 1.54) is 4.80 Å². The van der Waals surface area contributed by atoms with Crippen molar-refractivity contribution < 1.29 is 4.79 Å². The van der Waals surface area contributed by atoms with Crippen molar-refractivity contribution in [3.63, 3.8) is 0 Å². The van der Waals surface area contributed by atoms with Crippen LogP contribution in [0, 0.1) is 0 Å². The number of aromatic nitrogens is 4. The van der Waals surface area contributed by atoms with E-state index in [1.54, 1.807) is 6.20 Å². The van der Waals surface area contributed by atoms with Gasteiger partial charge in [-0.05, 0) is 43.5 Å². The van der Waals surface area contributed by atoms with Crippen LogP contribution in [0.3, 0.4) is 0 Å². The number of piperidine rings is 1. The van der Waals surface area contributed by atoms with Crippen LogP contribution in [-0.2, 0) is 11.3 Å². The summed E-state index contributed by atoms with van der Waals surface area (Å²) in [5.41, 5.74) is 2.58. The van der Waals surface area contributed by atoms with E-state index in [2.05, 4.69) is 15.2 Å². The fourth-order valence-electron chi connectivity index (χ4n) is 3.30. The maximum atomic E-state index is 12.8. The zero-order valence-electron chi connectivity index (χ0n) is 13.4. The smallest absolute Gasteiger partial charge is 0.246 e. The van der Waals surface area contributed by atoms with Gasteiger partial charge in [0.15, 0.2) is 0 Å². The molecule has 4 rings (SSSR count). The summed E-state index contributed by atoms with van der Waals surface area (Å²) in [5, 5.41) is 8.78. The molecule has 1 atom stereocenters. The summed E-state index contributed by atoms with van der Waals surface area (Å²) in [6.45, 7) is 0.929. The van der Waals surface area contributed by atoms with Crippen LogP contribution in [0.2, 0.25) is 0 Å². The zero-order valence-corrected chi connectivity index (χ0v) is 13.4. The lowest BCUT2D eigenvalue weighted by atomic mass is 9.98. The van der Waals surface area contributed by atoms with Crippen molar-refractivity contribution in [2.45, 2.75) is 31.8 Å². The maximum absolute atomic E-state index is 12.8. The number of amides is 1. The molecule has 1 fully saturated rings. The molecule has 122 valence electrons. The standard InChI is InChI=1S/C18H19N5O/c24-18(13-23-20-14-7-1-2-8-15(14)21-23)22-12-6-4-10-17(22)16-9-3-5-11-19-16/h1-3,5,7-9,11,17H,4,6,10,12-13H2/t17-/m0/s1. The normalized spacial score (nSPS) is 18.0. The van der Waals surface area contributed by atoms with E-state index < -0.39 is 0 Å². The SMILES string of the molecule is O=C(Cn1nc2ccccc2n1)N1CCCC[C@H]1c1ccccn1. The minimum Gasteiger partial charge on any atom is -0.332 e. The molecule has 1 aromatic carbocycles. The molecule has 6 heteroatoms. The Kier molecular flexibility index (Phi) is 3.94. The van der Waals surface area contributed by atoms with Gasteiger partial charge in [-0.25, -0.2) is 0 Å². The van der Waals surface area contributed by atoms with Gasteiger partial charge in [-0.15, -0.1) is 0 Å². The van der Waals surface area contributed by atoms with Gasteiger partial charge in [-0.3, -0.25) is 9.78 Å². The first-order chi connectivity index (χ1) is 11.8. The van der Waals surface area contributed by atoms with E-state index in [0.29, 0.717) is 0 Å². The van der Waals surface area contributed by atoms with Gasteiger partial charge in [0, 0.05) is 12.7 Å². The summed E-state index contributed by atoms with van der Waals surface area (Å²) in [4.78, 5) is 20.7. The third-order valence-electron chi connectivity index (χ3n) is 4.46. The highest BCUT2D eigenvalue weighted by atomic mass is 16.2. The summed E-state index contributed by atoms with van der Waals surface area (Å²) in [6, 6.07) is 13.6. The number of carbonyl (C=O) groups is 1. The van der Waals surface area contributed by atoms with Gasteiger partial charge in [-0.2, -0.15) is 15.0 Å². The molecule has 0 unspecified atom stereocenters. The third-order valence-corrected chi connectivity index (χ3v) is 4.46. The molecule has 2 aromatic heterocycles. The van der Waals surface area contributed by atoms with E-state index in [4.69, 9.17) is 0 Å². The molecule has 3 heterocycles. The van der Waals surface area contributed by atoms with E-state index in [1.807, 2.05) is 47.4 Å². The number of fused-ring (bicyclic) bond motifs is 1. The Labute approximate surface area is 140 Å². The van der Waals surface area contributed by atoms with Crippen LogP contribution < -0.4 is 0 Å². The van der Waals surface area contributed by atoms with Gasteiger partial charge in [0.2, 0.25) is 5.91 Å². The Balaban J connectivity index is 1.55. The number of pyridine rings is 1. The maximum Gasteiger partial charge on any atom is 0.246 e. The number of hydrogen-bond acceptors (Lipinski definition) is 4. The first kappa shape index (κ1) is 14.8. The Morgan fingerprint density at radius 2 is 1.79 bits per heavy atom. The minimum absolute atomic E-state index is 0.0469. The first-order valence-corrected chi connectivity index (χ1v) is 8.31. The number of nitrogens with zero attached hydrogens (tertiary/aromatic N) is 5. The molecule has 1 saturated heterocycles. The molecular weight excluding hydrogens is 302 g/mol. The Bertz CT molecular complexity index is 812. The average Bonchev–Trinajstić information content (AvgIpc) is 3.04. The number of likely N-dealkylation sites (tertiary alicyclic amines) is 1. The average molecular weight is 321 g/mol. The van der Waals surface area contributed by atoms with Crippen molar-refractivity contribution in [3.8, 4) is 0 Å². The largest absolute Gasteiger partial charge is 0.332 e. The predicted molar refractivity (Wildman–Crippen MR) is 90.1 cm³/mol. The van der Waals surface area contributed by atoms with E-state index in [0.717, 1.165) is 42.5 Å². The molecule has 0 bridgehead atoms. The highest BCUT2D eigenvalue weighted by Gasteiger charge is 2.29. The number of rotatable bonds is 3. The van der Waals surface area contributed by atoms with Crippen LogP contribution in [0.15, 0.2) is 48.7 Å². The lowest BCUT2D eigenvalue weighted by Gasteiger charge is -2.35. The van der Waals surface area contributed by atoms with Crippen LogP contribution >= 0.6 is 0 Å². The van der Waals surface area contributed by atoms with Gasteiger partial charge < -0.3 is 4.90 Å². The molecule has 24 heavy (non-hydrogen) atoms. The van der Waals surface area contributed by atoms with Crippen LogP contribution in [0.1, 0.15) is 31.0 Å². The molecule has 1 aliphatic heterocycles. The molecule has 0 saturated carbocycles. The van der Waals surface area contributed by atoms with E-state index >= 15 is 0 Å². The van der Waals surface area contributed by atoms with Crippen molar-refractivity contribution in [1.82, 2.24) is 24.9 Å². The van der Waals surface area contributed by atoms with Gasteiger partial charge >= 0.3 is 0 Å². The van der Waals surface area contributed by atoms with E-state index in [9.17, 15) is 4.79 Å².